The van der Waals surface area contributed by atoms with Gasteiger partial charge in [0.05, 0.1) is 0 Å². The van der Waals surface area contributed by atoms with Crippen molar-refractivity contribution in [3.05, 3.63) is 35.9 Å². The van der Waals surface area contributed by atoms with Crippen LogP contribution in [0.5, 0.6) is 0 Å². The van der Waals surface area contributed by atoms with E-state index in [-0.39, 0.29) is 11.4 Å². The average molecular weight is 308 g/mol. The van der Waals surface area contributed by atoms with Crippen LogP contribution in [0.2, 0.25) is 0 Å². The van der Waals surface area contributed by atoms with Crippen molar-refractivity contribution in [2.45, 2.75) is 25.7 Å². The Labute approximate surface area is 129 Å². The number of carbonyl (C=O) groups excluding carboxylic acids is 1. The maximum atomic E-state index is 11.7. The third-order valence-corrected chi connectivity index (χ3v) is 4.91. The highest BCUT2D eigenvalue weighted by Crippen LogP contribution is 2.43. The van der Waals surface area contributed by atoms with E-state index in [4.69, 9.17) is 0 Å². The molecule has 0 unspecified atom stereocenters. The first-order chi connectivity index (χ1) is 10.1. The largest absolute Gasteiger partial charge is 0.338 e. The summed E-state index contributed by atoms with van der Waals surface area (Å²) in [7, 11) is -0.862. The lowest BCUT2D eigenvalue weighted by Crippen LogP contribution is -2.47. The molecule has 1 aliphatic carbocycles. The standard InChI is InChI=1S/C16H24N2O2S/c1-21(20)11-10-17-15(19)18-13-16(8-5-9-16)12-14-6-3-2-4-7-14/h2-4,6-7H,5,8-13H2,1H3,(H2,17,18,19)/t21-/m0/s1. The SMILES string of the molecule is C[S@](=O)CCNC(=O)NCC1(Cc2ccccc2)CCC1. The highest BCUT2D eigenvalue weighted by Gasteiger charge is 2.37. The highest BCUT2D eigenvalue weighted by molar-refractivity contribution is 7.84. The summed E-state index contributed by atoms with van der Waals surface area (Å²) in [5, 5.41) is 5.73. The number of rotatable bonds is 7. The van der Waals surface area contributed by atoms with Gasteiger partial charge in [-0.15, -0.1) is 0 Å². The zero-order valence-electron chi connectivity index (χ0n) is 12.6. The molecule has 2 amide bonds. The Morgan fingerprint density at radius 3 is 2.52 bits per heavy atom. The maximum absolute atomic E-state index is 11.7. The monoisotopic (exact) mass is 308 g/mol. The minimum Gasteiger partial charge on any atom is -0.338 e. The Balaban J connectivity index is 1.77. The fourth-order valence-corrected chi connectivity index (χ4v) is 3.15. The van der Waals surface area contributed by atoms with Gasteiger partial charge in [-0.05, 0) is 30.2 Å². The smallest absolute Gasteiger partial charge is 0.314 e. The molecule has 0 radical (unpaired) electrons. The van der Waals surface area contributed by atoms with Gasteiger partial charge < -0.3 is 10.6 Å². The molecule has 5 heteroatoms. The molecule has 1 aromatic rings. The molecule has 1 aliphatic rings. The molecule has 1 fully saturated rings. The highest BCUT2D eigenvalue weighted by atomic mass is 32.2. The van der Waals surface area contributed by atoms with E-state index in [1.807, 2.05) is 6.07 Å². The molecule has 1 aromatic carbocycles. The molecule has 0 spiro atoms. The second kappa shape index (κ2) is 7.59. The first-order valence-electron chi connectivity index (χ1n) is 7.45. The summed E-state index contributed by atoms with van der Waals surface area (Å²) < 4.78 is 10.9. The van der Waals surface area contributed by atoms with Gasteiger partial charge >= 0.3 is 6.03 Å². The van der Waals surface area contributed by atoms with Crippen molar-refractivity contribution in [2.24, 2.45) is 5.41 Å². The lowest BCUT2D eigenvalue weighted by molar-refractivity contribution is 0.132. The molecule has 0 bridgehead atoms. The van der Waals surface area contributed by atoms with Crippen LogP contribution in [0.3, 0.4) is 0 Å². The third kappa shape index (κ3) is 5.16. The topological polar surface area (TPSA) is 58.2 Å². The van der Waals surface area contributed by atoms with E-state index < -0.39 is 10.8 Å². The van der Waals surface area contributed by atoms with E-state index in [2.05, 4.69) is 34.9 Å². The van der Waals surface area contributed by atoms with Gasteiger partial charge in [-0.25, -0.2) is 4.79 Å². The van der Waals surface area contributed by atoms with E-state index in [0.29, 0.717) is 18.8 Å². The van der Waals surface area contributed by atoms with Gasteiger partial charge in [0.2, 0.25) is 0 Å². The summed E-state index contributed by atoms with van der Waals surface area (Å²) in [5.41, 5.74) is 1.55. The Morgan fingerprint density at radius 1 is 1.24 bits per heavy atom. The summed E-state index contributed by atoms with van der Waals surface area (Å²) in [6.45, 7) is 1.17. The van der Waals surface area contributed by atoms with Gasteiger partial charge in [-0.1, -0.05) is 36.8 Å². The fourth-order valence-electron chi connectivity index (χ4n) is 2.76. The normalized spacial score (nSPS) is 17.6. The van der Waals surface area contributed by atoms with Crippen molar-refractivity contribution in [1.29, 1.82) is 0 Å². The summed E-state index contributed by atoms with van der Waals surface area (Å²) in [5.74, 6) is 0.503. The number of nitrogens with one attached hydrogen (secondary N) is 2. The van der Waals surface area contributed by atoms with Crippen LogP contribution < -0.4 is 10.6 Å². The van der Waals surface area contributed by atoms with E-state index in [1.165, 1.54) is 24.8 Å². The molecule has 21 heavy (non-hydrogen) atoms. The predicted octanol–water partition coefficient (Wildman–Crippen LogP) is 2.08. The summed E-state index contributed by atoms with van der Waals surface area (Å²) in [6, 6.07) is 10.3. The summed E-state index contributed by atoms with van der Waals surface area (Å²) >= 11 is 0. The number of amides is 2. The van der Waals surface area contributed by atoms with Crippen LogP contribution in [0.15, 0.2) is 30.3 Å². The molecule has 0 saturated heterocycles. The molecule has 4 nitrogen and oxygen atoms in total. The van der Waals surface area contributed by atoms with E-state index in [0.717, 1.165) is 6.42 Å². The van der Waals surface area contributed by atoms with Crippen LogP contribution in [0.1, 0.15) is 24.8 Å². The Morgan fingerprint density at radius 2 is 1.95 bits per heavy atom. The van der Waals surface area contributed by atoms with Crippen molar-refractivity contribution in [2.75, 3.05) is 25.1 Å². The lowest BCUT2D eigenvalue weighted by Gasteiger charge is -2.42. The van der Waals surface area contributed by atoms with E-state index >= 15 is 0 Å². The Kier molecular flexibility index (Phi) is 5.79. The fraction of sp³-hybridized carbons (Fsp3) is 0.562. The molecule has 1 atom stereocenters. The average Bonchev–Trinajstić information content (AvgIpc) is 2.42. The molecule has 0 aromatic heterocycles. The molecule has 2 rings (SSSR count). The molecule has 2 N–H and O–H groups in total. The van der Waals surface area contributed by atoms with Gasteiger partial charge in [-0.2, -0.15) is 0 Å². The van der Waals surface area contributed by atoms with E-state index in [1.54, 1.807) is 6.26 Å². The zero-order chi connectivity index (χ0) is 15.1. The molecule has 116 valence electrons. The van der Waals surface area contributed by atoms with Crippen molar-refractivity contribution in [3.63, 3.8) is 0 Å². The quantitative estimate of drug-likeness (QED) is 0.810. The minimum absolute atomic E-state index is 0.153. The van der Waals surface area contributed by atoms with Crippen LogP contribution in [-0.4, -0.2) is 35.3 Å². The van der Waals surface area contributed by atoms with Crippen LogP contribution in [0, 0.1) is 5.41 Å². The maximum Gasteiger partial charge on any atom is 0.314 e. The van der Waals surface area contributed by atoms with Crippen molar-refractivity contribution in [1.82, 2.24) is 10.6 Å². The molecular formula is C16H24N2O2S. The first-order valence-corrected chi connectivity index (χ1v) is 9.18. The predicted molar refractivity (Wildman–Crippen MR) is 86.8 cm³/mol. The Bertz CT molecular complexity index is 486. The molecule has 1 saturated carbocycles. The third-order valence-electron chi connectivity index (χ3n) is 4.14. The first kappa shape index (κ1) is 16.0. The van der Waals surface area contributed by atoms with Crippen LogP contribution in [-0.2, 0) is 17.2 Å². The van der Waals surface area contributed by atoms with Crippen molar-refractivity contribution >= 4 is 16.8 Å². The van der Waals surface area contributed by atoms with Crippen LogP contribution in [0.25, 0.3) is 0 Å². The summed E-state index contributed by atoms with van der Waals surface area (Å²) in [4.78, 5) is 11.7. The Hall–Kier alpha value is -1.36. The van der Waals surface area contributed by atoms with Crippen molar-refractivity contribution in [3.8, 4) is 0 Å². The zero-order valence-corrected chi connectivity index (χ0v) is 13.4. The van der Waals surface area contributed by atoms with Gasteiger partial charge in [0.15, 0.2) is 0 Å². The minimum atomic E-state index is -0.862. The number of urea groups is 1. The van der Waals surface area contributed by atoms with Gasteiger partial charge in [0.25, 0.3) is 0 Å². The number of hydrogen-bond acceptors (Lipinski definition) is 2. The number of benzene rings is 1. The number of hydrogen-bond donors (Lipinski definition) is 2. The van der Waals surface area contributed by atoms with Crippen LogP contribution in [0.4, 0.5) is 4.79 Å². The number of carbonyl (C=O) groups is 1. The van der Waals surface area contributed by atoms with Crippen LogP contribution >= 0.6 is 0 Å². The van der Waals surface area contributed by atoms with Gasteiger partial charge in [0, 0.05) is 35.9 Å². The van der Waals surface area contributed by atoms with Gasteiger partial charge in [-0.3, -0.25) is 4.21 Å². The molecule has 0 aliphatic heterocycles. The molecule has 0 heterocycles. The second-order valence-electron chi connectivity index (χ2n) is 5.90. The van der Waals surface area contributed by atoms with Crippen molar-refractivity contribution < 1.29 is 9.00 Å². The molecular weight excluding hydrogens is 284 g/mol. The second-order valence-corrected chi connectivity index (χ2v) is 7.46. The lowest BCUT2D eigenvalue weighted by atomic mass is 9.65. The van der Waals surface area contributed by atoms with Gasteiger partial charge in [0.1, 0.15) is 0 Å². The summed E-state index contributed by atoms with van der Waals surface area (Å²) in [6.07, 6.45) is 6.24. The van der Waals surface area contributed by atoms with E-state index in [9.17, 15) is 9.00 Å².